The maximum Gasteiger partial charge on any atom is 0.162 e. The monoisotopic (exact) mass is 253 g/mol. The number of hydrogen-bond acceptors (Lipinski definition) is 1. The summed E-state index contributed by atoms with van der Waals surface area (Å²) in [7, 11) is 0. The van der Waals surface area contributed by atoms with Gasteiger partial charge in [-0.3, -0.25) is 0 Å². The summed E-state index contributed by atoms with van der Waals surface area (Å²) in [6.45, 7) is 4.19. The van der Waals surface area contributed by atoms with E-state index in [1.54, 1.807) is 12.1 Å². The maximum atomic E-state index is 13.6. The lowest BCUT2D eigenvalue weighted by molar-refractivity contribution is 0.169. The van der Waals surface area contributed by atoms with Gasteiger partial charge in [0, 0.05) is 0 Å². The molecule has 1 aromatic carbocycles. The molecule has 1 aliphatic carbocycles. The van der Waals surface area contributed by atoms with Crippen LogP contribution in [0.1, 0.15) is 31.7 Å². The highest BCUT2D eigenvalue weighted by Crippen LogP contribution is 2.36. The zero-order valence-corrected chi connectivity index (χ0v) is 10.9. The van der Waals surface area contributed by atoms with Gasteiger partial charge in [-0.25, -0.2) is 8.78 Å². The molecular formula is C15H21F2N. The number of hydrogen-bond donors (Lipinski definition) is 1. The molecule has 0 radical (unpaired) electrons. The van der Waals surface area contributed by atoms with E-state index in [0.717, 1.165) is 25.9 Å². The van der Waals surface area contributed by atoms with Gasteiger partial charge in [0.1, 0.15) is 0 Å². The Bertz CT molecular complexity index is 392. The number of nitrogens with one attached hydrogen (secondary N) is 1. The minimum absolute atomic E-state index is 0.505. The molecule has 1 fully saturated rings. The molecule has 0 spiro atoms. The lowest BCUT2D eigenvalue weighted by Crippen LogP contribution is -2.36. The molecule has 0 saturated heterocycles. The summed E-state index contributed by atoms with van der Waals surface area (Å²) in [5.41, 5.74) is 0.528. The van der Waals surface area contributed by atoms with Gasteiger partial charge in [0.15, 0.2) is 11.6 Å². The molecule has 0 bridgehead atoms. The predicted molar refractivity (Wildman–Crippen MR) is 69.4 cm³/mol. The van der Waals surface area contributed by atoms with Crippen molar-refractivity contribution in [2.75, 3.05) is 13.1 Å². The van der Waals surface area contributed by atoms with Crippen molar-refractivity contribution in [2.24, 2.45) is 11.8 Å². The number of halogens is 2. The normalized spacial score (nSPS) is 22.8. The molecule has 0 heterocycles. The minimum atomic E-state index is -0.729. The van der Waals surface area contributed by atoms with Gasteiger partial charge in [-0.2, -0.15) is 0 Å². The van der Waals surface area contributed by atoms with Crippen LogP contribution in [0.25, 0.3) is 0 Å². The molecule has 0 aliphatic heterocycles. The van der Waals surface area contributed by atoms with Gasteiger partial charge in [-0.1, -0.05) is 19.1 Å². The summed E-state index contributed by atoms with van der Waals surface area (Å²) in [6, 6.07) is 4.48. The second-order valence-corrected chi connectivity index (χ2v) is 5.22. The van der Waals surface area contributed by atoms with Gasteiger partial charge in [0.25, 0.3) is 0 Å². The van der Waals surface area contributed by atoms with Crippen molar-refractivity contribution in [2.45, 2.75) is 32.6 Å². The zero-order chi connectivity index (χ0) is 13.0. The van der Waals surface area contributed by atoms with Crippen molar-refractivity contribution in [3.8, 4) is 0 Å². The maximum absolute atomic E-state index is 13.6. The van der Waals surface area contributed by atoms with Crippen LogP contribution in [0, 0.1) is 23.5 Å². The van der Waals surface area contributed by atoms with Gasteiger partial charge in [-0.15, -0.1) is 0 Å². The van der Waals surface area contributed by atoms with Crippen LogP contribution in [-0.2, 0) is 6.42 Å². The van der Waals surface area contributed by atoms with Crippen molar-refractivity contribution in [3.05, 3.63) is 35.4 Å². The quantitative estimate of drug-likeness (QED) is 0.765. The molecule has 0 amide bonds. The average Bonchev–Trinajstić information content (AvgIpc) is 2.35. The minimum Gasteiger partial charge on any atom is -0.316 e. The van der Waals surface area contributed by atoms with E-state index >= 15 is 0 Å². The summed E-state index contributed by atoms with van der Waals surface area (Å²) in [6.07, 6.45) is 4.14. The van der Waals surface area contributed by atoms with Crippen LogP contribution in [0.15, 0.2) is 18.2 Å². The van der Waals surface area contributed by atoms with E-state index < -0.39 is 11.6 Å². The lowest BCUT2D eigenvalue weighted by Gasteiger charge is -2.37. The van der Waals surface area contributed by atoms with E-state index in [1.165, 1.54) is 12.5 Å². The van der Waals surface area contributed by atoms with Crippen LogP contribution in [0.4, 0.5) is 8.78 Å². The molecule has 1 saturated carbocycles. The second-order valence-electron chi connectivity index (χ2n) is 5.22. The topological polar surface area (TPSA) is 12.0 Å². The molecule has 2 atom stereocenters. The molecule has 0 aromatic heterocycles. The second kappa shape index (κ2) is 6.28. The first-order valence-electron chi connectivity index (χ1n) is 6.86. The third kappa shape index (κ3) is 3.08. The Morgan fingerprint density at radius 1 is 1.22 bits per heavy atom. The first kappa shape index (κ1) is 13.5. The molecule has 1 nitrogen and oxygen atoms in total. The summed E-state index contributed by atoms with van der Waals surface area (Å²) < 4.78 is 26.7. The van der Waals surface area contributed by atoms with Crippen LogP contribution in [-0.4, -0.2) is 13.1 Å². The van der Waals surface area contributed by atoms with Crippen molar-refractivity contribution in [1.82, 2.24) is 5.32 Å². The van der Waals surface area contributed by atoms with Crippen molar-refractivity contribution in [3.63, 3.8) is 0 Å². The van der Waals surface area contributed by atoms with E-state index in [2.05, 4.69) is 12.2 Å². The highest BCUT2D eigenvalue weighted by atomic mass is 19.2. The first-order valence-corrected chi connectivity index (χ1v) is 6.86. The van der Waals surface area contributed by atoms with Gasteiger partial charge in [-0.05, 0) is 62.2 Å². The predicted octanol–water partition coefficient (Wildman–Crippen LogP) is 3.53. The Kier molecular flexibility index (Phi) is 4.70. The Morgan fingerprint density at radius 2 is 2.00 bits per heavy atom. The van der Waals surface area contributed by atoms with E-state index in [9.17, 15) is 8.78 Å². The van der Waals surface area contributed by atoms with Crippen LogP contribution >= 0.6 is 0 Å². The summed E-state index contributed by atoms with van der Waals surface area (Å²) in [4.78, 5) is 0. The Hall–Kier alpha value is -0.960. The first-order chi connectivity index (χ1) is 8.72. The summed E-state index contributed by atoms with van der Waals surface area (Å²) >= 11 is 0. The zero-order valence-electron chi connectivity index (χ0n) is 10.9. The Labute approximate surface area is 108 Å². The Balaban J connectivity index is 1.87. The van der Waals surface area contributed by atoms with Crippen LogP contribution in [0.2, 0.25) is 0 Å². The smallest absolute Gasteiger partial charge is 0.162 e. The summed E-state index contributed by atoms with van der Waals surface area (Å²) in [5.74, 6) is -0.262. The van der Waals surface area contributed by atoms with Crippen LogP contribution < -0.4 is 5.32 Å². The van der Waals surface area contributed by atoms with E-state index in [4.69, 9.17) is 0 Å². The summed E-state index contributed by atoms with van der Waals surface area (Å²) in [5, 5.41) is 3.41. The molecule has 3 heteroatoms. The molecule has 1 aliphatic rings. The van der Waals surface area contributed by atoms with Gasteiger partial charge >= 0.3 is 0 Å². The van der Waals surface area contributed by atoms with E-state index in [0.29, 0.717) is 23.8 Å². The van der Waals surface area contributed by atoms with Gasteiger partial charge < -0.3 is 5.32 Å². The van der Waals surface area contributed by atoms with Gasteiger partial charge in [0.2, 0.25) is 0 Å². The molecule has 2 unspecified atom stereocenters. The van der Waals surface area contributed by atoms with E-state index in [1.807, 2.05) is 0 Å². The highest BCUT2D eigenvalue weighted by Gasteiger charge is 2.31. The van der Waals surface area contributed by atoms with E-state index in [-0.39, 0.29) is 0 Å². The van der Waals surface area contributed by atoms with Crippen LogP contribution in [0.3, 0.4) is 0 Å². The molecule has 1 aromatic rings. The van der Waals surface area contributed by atoms with Crippen molar-refractivity contribution < 1.29 is 8.78 Å². The largest absolute Gasteiger partial charge is 0.316 e. The van der Waals surface area contributed by atoms with Gasteiger partial charge in [0.05, 0.1) is 0 Å². The average molecular weight is 253 g/mol. The SMILES string of the molecule is CCCNCC1CCC1Cc1cccc(F)c1F. The fraction of sp³-hybridized carbons (Fsp3) is 0.600. The number of rotatable bonds is 6. The molecule has 100 valence electrons. The molecular weight excluding hydrogens is 232 g/mol. The number of benzene rings is 1. The standard InChI is InChI=1S/C15H21F2N/c1-2-8-18-10-13-7-6-11(13)9-12-4-3-5-14(16)15(12)17/h3-5,11,13,18H,2,6-10H2,1H3. The Morgan fingerprint density at radius 3 is 2.67 bits per heavy atom. The molecule has 1 N–H and O–H groups in total. The fourth-order valence-corrected chi connectivity index (χ4v) is 2.63. The fourth-order valence-electron chi connectivity index (χ4n) is 2.63. The highest BCUT2D eigenvalue weighted by molar-refractivity contribution is 5.20. The lowest BCUT2D eigenvalue weighted by atomic mass is 9.70. The van der Waals surface area contributed by atoms with Crippen molar-refractivity contribution >= 4 is 0 Å². The third-order valence-corrected chi connectivity index (χ3v) is 3.92. The molecule has 18 heavy (non-hydrogen) atoms. The van der Waals surface area contributed by atoms with Crippen molar-refractivity contribution in [1.29, 1.82) is 0 Å². The molecule has 2 rings (SSSR count). The van der Waals surface area contributed by atoms with Crippen LogP contribution in [0.5, 0.6) is 0 Å². The third-order valence-electron chi connectivity index (χ3n) is 3.92.